The highest BCUT2D eigenvalue weighted by molar-refractivity contribution is 5.38. The van der Waals surface area contributed by atoms with E-state index in [4.69, 9.17) is 9.72 Å². The number of aromatic nitrogens is 2. The Kier molecular flexibility index (Phi) is 5.75. The molecule has 2 rings (SSSR count). The highest BCUT2D eigenvalue weighted by Gasteiger charge is 2.26. The average Bonchev–Trinajstić information content (AvgIpc) is 2.47. The summed E-state index contributed by atoms with van der Waals surface area (Å²) in [7, 11) is 1.68. The van der Waals surface area contributed by atoms with Crippen molar-refractivity contribution in [2.75, 3.05) is 19.0 Å². The number of nitrogens with zero attached hydrogens (tertiary/aromatic N) is 2. The monoisotopic (exact) mass is 307 g/mol. The van der Waals surface area contributed by atoms with Crippen molar-refractivity contribution in [3.05, 3.63) is 17.6 Å². The molecule has 0 spiro atoms. The molecule has 22 heavy (non-hydrogen) atoms. The van der Waals surface area contributed by atoms with Crippen LogP contribution in [-0.2, 0) is 16.8 Å². The van der Waals surface area contributed by atoms with Crippen molar-refractivity contribution in [1.82, 2.24) is 9.97 Å². The van der Waals surface area contributed by atoms with Gasteiger partial charge >= 0.3 is 0 Å². The number of hydrogen-bond acceptors (Lipinski definition) is 5. The summed E-state index contributed by atoms with van der Waals surface area (Å²) in [5.41, 5.74) is 0.782. The zero-order chi connectivity index (χ0) is 16.2. The number of hydrogen-bond donors (Lipinski definition) is 2. The minimum Gasteiger partial charge on any atom is -0.396 e. The highest BCUT2D eigenvalue weighted by Crippen LogP contribution is 2.27. The molecule has 0 saturated heterocycles. The lowest BCUT2D eigenvalue weighted by molar-refractivity contribution is 0.177. The van der Waals surface area contributed by atoms with E-state index in [2.05, 4.69) is 31.1 Å². The van der Waals surface area contributed by atoms with Gasteiger partial charge in [0.2, 0.25) is 0 Å². The van der Waals surface area contributed by atoms with E-state index in [1.165, 1.54) is 12.8 Å². The van der Waals surface area contributed by atoms with Gasteiger partial charge in [-0.15, -0.1) is 0 Å². The normalized spacial score (nSPS) is 22.6. The summed E-state index contributed by atoms with van der Waals surface area (Å²) in [5.74, 6) is 1.98. The second-order valence-corrected chi connectivity index (χ2v) is 7.23. The van der Waals surface area contributed by atoms with Gasteiger partial charge in [0.25, 0.3) is 0 Å². The Labute approximate surface area is 133 Å². The van der Waals surface area contributed by atoms with Crippen molar-refractivity contribution in [2.24, 2.45) is 5.92 Å². The fraction of sp³-hybridized carbons (Fsp3) is 0.765. The van der Waals surface area contributed by atoms with Gasteiger partial charge in [0.05, 0.1) is 12.3 Å². The lowest BCUT2D eigenvalue weighted by atomic mass is 9.85. The molecular weight excluding hydrogens is 278 g/mol. The number of aliphatic hydroxyl groups excluding tert-OH is 1. The molecule has 2 unspecified atom stereocenters. The topological polar surface area (TPSA) is 67.3 Å². The second-order valence-electron chi connectivity index (χ2n) is 7.23. The molecule has 1 aliphatic rings. The van der Waals surface area contributed by atoms with Crippen LogP contribution in [0.15, 0.2) is 6.07 Å². The molecular formula is C17H29N3O2. The molecule has 5 heteroatoms. The third kappa shape index (κ3) is 4.40. The molecule has 5 nitrogen and oxygen atoms in total. The van der Waals surface area contributed by atoms with Crippen LogP contribution in [0.5, 0.6) is 0 Å². The first-order valence-corrected chi connectivity index (χ1v) is 8.19. The number of nitrogens with one attached hydrogen (secondary N) is 1. The van der Waals surface area contributed by atoms with E-state index in [-0.39, 0.29) is 18.1 Å². The Bertz CT molecular complexity index is 485. The summed E-state index contributed by atoms with van der Waals surface area (Å²) < 4.78 is 5.22. The van der Waals surface area contributed by atoms with Gasteiger partial charge in [-0.2, -0.15) is 0 Å². The van der Waals surface area contributed by atoms with Crippen molar-refractivity contribution in [1.29, 1.82) is 0 Å². The Morgan fingerprint density at radius 3 is 2.64 bits per heavy atom. The predicted molar refractivity (Wildman–Crippen MR) is 87.9 cm³/mol. The van der Waals surface area contributed by atoms with Crippen LogP contribution in [-0.4, -0.2) is 34.8 Å². The molecule has 2 N–H and O–H groups in total. The van der Waals surface area contributed by atoms with Gasteiger partial charge in [0.15, 0.2) is 0 Å². The van der Waals surface area contributed by atoms with Crippen molar-refractivity contribution in [3.63, 3.8) is 0 Å². The number of rotatable bonds is 5. The minimum atomic E-state index is -0.108. The van der Waals surface area contributed by atoms with E-state index in [9.17, 15) is 5.11 Å². The molecule has 0 radical (unpaired) electrons. The summed E-state index contributed by atoms with van der Waals surface area (Å²) in [4.78, 5) is 9.29. The Morgan fingerprint density at radius 2 is 2.00 bits per heavy atom. The smallest absolute Gasteiger partial charge is 0.136 e. The minimum absolute atomic E-state index is 0.108. The maximum atomic E-state index is 9.57. The lowest BCUT2D eigenvalue weighted by Crippen LogP contribution is -2.35. The first-order valence-electron chi connectivity index (χ1n) is 8.19. The first kappa shape index (κ1) is 17.2. The third-order valence-corrected chi connectivity index (χ3v) is 4.22. The molecule has 1 saturated carbocycles. The van der Waals surface area contributed by atoms with E-state index in [1.807, 2.05) is 6.07 Å². The molecule has 1 aliphatic carbocycles. The summed E-state index contributed by atoms with van der Waals surface area (Å²) in [6.45, 7) is 7.05. The highest BCUT2D eigenvalue weighted by atomic mass is 16.5. The predicted octanol–water partition coefficient (Wildman–Crippen LogP) is 2.88. The second kappa shape index (κ2) is 7.38. The summed E-state index contributed by atoms with van der Waals surface area (Å²) in [6, 6.07) is 2.25. The average molecular weight is 307 g/mol. The van der Waals surface area contributed by atoms with Crippen LogP contribution in [0.1, 0.15) is 58.0 Å². The number of anilines is 1. The molecule has 2 atom stereocenters. The Morgan fingerprint density at radius 1 is 1.27 bits per heavy atom. The van der Waals surface area contributed by atoms with Crippen LogP contribution in [0.3, 0.4) is 0 Å². The van der Waals surface area contributed by atoms with Crippen molar-refractivity contribution in [2.45, 2.75) is 64.5 Å². The van der Waals surface area contributed by atoms with Gasteiger partial charge in [-0.25, -0.2) is 9.97 Å². The van der Waals surface area contributed by atoms with Crippen LogP contribution in [0.4, 0.5) is 5.82 Å². The standard InChI is InChI=1S/C17H29N3O2/c1-17(2,3)16-18-13(11-22-4)9-15(20-16)19-14-8-6-5-7-12(14)10-21/h9,12,14,21H,5-8,10-11H2,1-4H3,(H,18,19,20). The molecule has 1 fully saturated rings. The zero-order valence-electron chi connectivity index (χ0n) is 14.2. The summed E-state index contributed by atoms with van der Waals surface area (Å²) >= 11 is 0. The summed E-state index contributed by atoms with van der Waals surface area (Å²) in [6.07, 6.45) is 4.57. The third-order valence-electron chi connectivity index (χ3n) is 4.22. The van der Waals surface area contributed by atoms with Gasteiger partial charge in [0, 0.05) is 37.2 Å². The van der Waals surface area contributed by atoms with E-state index in [0.29, 0.717) is 12.5 Å². The molecule has 0 aromatic carbocycles. The Balaban J connectivity index is 2.23. The molecule has 1 aromatic heterocycles. The summed E-state index contributed by atoms with van der Waals surface area (Å²) in [5, 5.41) is 13.1. The van der Waals surface area contributed by atoms with Crippen LogP contribution in [0.25, 0.3) is 0 Å². The molecule has 1 aromatic rings. The van der Waals surface area contributed by atoms with Gasteiger partial charge < -0.3 is 15.2 Å². The van der Waals surface area contributed by atoms with E-state index in [1.54, 1.807) is 7.11 Å². The van der Waals surface area contributed by atoms with Crippen LogP contribution in [0.2, 0.25) is 0 Å². The zero-order valence-corrected chi connectivity index (χ0v) is 14.2. The van der Waals surface area contributed by atoms with Crippen molar-refractivity contribution in [3.8, 4) is 0 Å². The number of methoxy groups -OCH3 is 1. The van der Waals surface area contributed by atoms with Gasteiger partial charge in [-0.3, -0.25) is 0 Å². The van der Waals surface area contributed by atoms with Crippen LogP contribution >= 0.6 is 0 Å². The van der Waals surface area contributed by atoms with E-state index in [0.717, 1.165) is 30.2 Å². The largest absolute Gasteiger partial charge is 0.396 e. The lowest BCUT2D eigenvalue weighted by Gasteiger charge is -2.31. The van der Waals surface area contributed by atoms with Gasteiger partial charge in [0.1, 0.15) is 11.6 Å². The van der Waals surface area contributed by atoms with Crippen LogP contribution < -0.4 is 5.32 Å². The molecule has 0 bridgehead atoms. The van der Waals surface area contributed by atoms with E-state index < -0.39 is 0 Å². The molecule has 124 valence electrons. The van der Waals surface area contributed by atoms with E-state index >= 15 is 0 Å². The van der Waals surface area contributed by atoms with Crippen molar-refractivity contribution >= 4 is 5.82 Å². The van der Waals surface area contributed by atoms with Crippen LogP contribution in [0, 0.1) is 5.92 Å². The molecule has 0 amide bonds. The fourth-order valence-corrected chi connectivity index (χ4v) is 2.93. The SMILES string of the molecule is COCc1cc(NC2CCCCC2CO)nc(C(C)(C)C)n1. The maximum Gasteiger partial charge on any atom is 0.136 e. The van der Waals surface area contributed by atoms with Gasteiger partial charge in [-0.1, -0.05) is 33.6 Å². The van der Waals surface area contributed by atoms with Crippen molar-refractivity contribution < 1.29 is 9.84 Å². The molecule has 1 heterocycles. The number of ether oxygens (including phenoxy) is 1. The first-order chi connectivity index (χ1) is 10.4. The fourth-order valence-electron chi connectivity index (χ4n) is 2.93. The maximum absolute atomic E-state index is 9.57. The molecule has 0 aliphatic heterocycles. The number of aliphatic hydroxyl groups is 1. The Hall–Kier alpha value is -1.20. The van der Waals surface area contributed by atoms with Gasteiger partial charge in [-0.05, 0) is 12.8 Å². The quantitative estimate of drug-likeness (QED) is 0.875.